The Labute approximate surface area is 182 Å². The van der Waals surface area contributed by atoms with E-state index in [0.29, 0.717) is 6.54 Å². The van der Waals surface area contributed by atoms with Gasteiger partial charge in [-0.1, -0.05) is 30.7 Å². The Morgan fingerprint density at radius 2 is 1.34 bits per heavy atom. The Bertz CT molecular complexity index is 1030. The first-order valence-electron chi connectivity index (χ1n) is 9.83. The molecule has 2 aromatic heterocycles. The predicted molar refractivity (Wildman–Crippen MR) is 121 cm³/mol. The van der Waals surface area contributed by atoms with E-state index in [2.05, 4.69) is 43.9 Å². The Morgan fingerprint density at radius 1 is 0.724 bits per heavy atom. The van der Waals surface area contributed by atoms with Crippen LogP contribution < -0.4 is 0 Å². The Morgan fingerprint density at radius 3 is 2.03 bits per heavy atom. The van der Waals surface area contributed by atoms with Crippen LogP contribution in [0, 0.1) is 0 Å². The molecular weight excluding hydrogens is 407 g/mol. The van der Waals surface area contributed by atoms with Gasteiger partial charge in [0.15, 0.2) is 0 Å². The standard InChI is InChI=1S/C21H24N6.2ClH/c1-6-12-25(13-7-1)14-15-26-20-11-5-4-10-19(20)22-21(26)16-27-23-17-8-2-3-9-18(17)24-27;;/h2-5,8-11H,1,6-7,12-16H2;2*1H. The van der Waals surface area contributed by atoms with Gasteiger partial charge in [0, 0.05) is 13.1 Å². The van der Waals surface area contributed by atoms with Crippen molar-refractivity contribution < 1.29 is 0 Å². The molecule has 1 aliphatic rings. The van der Waals surface area contributed by atoms with Gasteiger partial charge in [-0.15, -0.1) is 24.8 Å². The molecule has 0 bridgehead atoms. The molecule has 0 N–H and O–H groups in total. The van der Waals surface area contributed by atoms with E-state index < -0.39 is 0 Å². The zero-order valence-corrected chi connectivity index (χ0v) is 17.9. The number of imidazole rings is 1. The molecule has 0 spiro atoms. The average Bonchev–Trinajstić information content (AvgIpc) is 3.27. The van der Waals surface area contributed by atoms with Crippen molar-refractivity contribution in [2.24, 2.45) is 0 Å². The summed E-state index contributed by atoms with van der Waals surface area (Å²) in [6, 6.07) is 16.4. The number of rotatable bonds is 5. The number of fused-ring (bicyclic) bond motifs is 2. The van der Waals surface area contributed by atoms with Crippen molar-refractivity contribution in [3.05, 3.63) is 54.4 Å². The maximum Gasteiger partial charge on any atom is 0.133 e. The highest BCUT2D eigenvalue weighted by atomic mass is 35.5. The fraction of sp³-hybridized carbons (Fsp3) is 0.381. The number of aromatic nitrogens is 5. The van der Waals surface area contributed by atoms with Gasteiger partial charge in [-0.05, 0) is 50.2 Å². The van der Waals surface area contributed by atoms with E-state index in [4.69, 9.17) is 4.98 Å². The van der Waals surface area contributed by atoms with Crippen molar-refractivity contribution in [3.8, 4) is 0 Å². The van der Waals surface area contributed by atoms with Crippen LogP contribution in [0.3, 0.4) is 0 Å². The quantitative estimate of drug-likeness (QED) is 0.474. The molecule has 1 aliphatic heterocycles. The van der Waals surface area contributed by atoms with Crippen molar-refractivity contribution in [2.45, 2.75) is 32.4 Å². The van der Waals surface area contributed by atoms with E-state index in [0.717, 1.165) is 35.5 Å². The predicted octanol–water partition coefficient (Wildman–Crippen LogP) is 4.16. The van der Waals surface area contributed by atoms with Crippen molar-refractivity contribution in [3.63, 3.8) is 0 Å². The molecule has 2 aromatic carbocycles. The molecule has 5 rings (SSSR count). The fourth-order valence-electron chi connectivity index (χ4n) is 4.02. The number of hydrogen-bond donors (Lipinski definition) is 0. The minimum Gasteiger partial charge on any atom is -0.325 e. The molecule has 0 radical (unpaired) electrons. The summed E-state index contributed by atoms with van der Waals surface area (Å²) in [6.07, 6.45) is 4.01. The van der Waals surface area contributed by atoms with Crippen LogP contribution in [0.1, 0.15) is 25.1 Å². The first kappa shape index (κ1) is 21.6. The largest absolute Gasteiger partial charge is 0.325 e. The normalized spacial score (nSPS) is 14.6. The summed E-state index contributed by atoms with van der Waals surface area (Å²) in [5.41, 5.74) is 4.09. The van der Waals surface area contributed by atoms with Crippen LogP contribution >= 0.6 is 24.8 Å². The van der Waals surface area contributed by atoms with E-state index in [1.54, 1.807) is 4.80 Å². The van der Waals surface area contributed by atoms with E-state index in [1.807, 2.05) is 24.3 Å². The Hall–Kier alpha value is -2.15. The molecule has 1 saturated heterocycles. The van der Waals surface area contributed by atoms with Gasteiger partial charge in [-0.2, -0.15) is 15.0 Å². The maximum atomic E-state index is 4.89. The second-order valence-corrected chi connectivity index (χ2v) is 7.29. The summed E-state index contributed by atoms with van der Waals surface area (Å²) in [6.45, 7) is 5.05. The topological polar surface area (TPSA) is 51.8 Å². The monoisotopic (exact) mass is 432 g/mol. The Kier molecular flexibility index (Phi) is 7.11. The molecule has 8 heteroatoms. The number of nitrogens with zero attached hydrogens (tertiary/aromatic N) is 6. The van der Waals surface area contributed by atoms with E-state index in [1.165, 1.54) is 37.9 Å². The smallest absolute Gasteiger partial charge is 0.133 e. The number of para-hydroxylation sites is 2. The maximum absolute atomic E-state index is 4.89. The molecule has 3 heterocycles. The van der Waals surface area contributed by atoms with Gasteiger partial charge in [0.25, 0.3) is 0 Å². The highest BCUT2D eigenvalue weighted by molar-refractivity contribution is 5.85. The fourth-order valence-corrected chi connectivity index (χ4v) is 4.02. The molecule has 29 heavy (non-hydrogen) atoms. The molecule has 0 atom stereocenters. The van der Waals surface area contributed by atoms with E-state index in [-0.39, 0.29) is 24.8 Å². The van der Waals surface area contributed by atoms with Gasteiger partial charge in [0.05, 0.1) is 11.0 Å². The lowest BCUT2D eigenvalue weighted by Crippen LogP contribution is -2.33. The van der Waals surface area contributed by atoms with Crippen LogP contribution in [-0.2, 0) is 13.1 Å². The lowest BCUT2D eigenvalue weighted by Gasteiger charge is -2.26. The van der Waals surface area contributed by atoms with Gasteiger partial charge in [-0.25, -0.2) is 4.98 Å². The van der Waals surface area contributed by atoms with Gasteiger partial charge in [0.2, 0.25) is 0 Å². The molecule has 154 valence electrons. The highest BCUT2D eigenvalue weighted by Gasteiger charge is 2.15. The van der Waals surface area contributed by atoms with Crippen LogP contribution in [0.2, 0.25) is 0 Å². The zero-order valence-electron chi connectivity index (χ0n) is 16.3. The molecule has 4 aromatic rings. The Balaban J connectivity index is 0.00000120. The second kappa shape index (κ2) is 9.57. The van der Waals surface area contributed by atoms with Crippen LogP contribution in [-0.4, -0.2) is 49.1 Å². The summed E-state index contributed by atoms with van der Waals surface area (Å²) >= 11 is 0. The second-order valence-electron chi connectivity index (χ2n) is 7.29. The summed E-state index contributed by atoms with van der Waals surface area (Å²) in [7, 11) is 0. The van der Waals surface area contributed by atoms with Crippen LogP contribution in [0.4, 0.5) is 0 Å². The lowest BCUT2D eigenvalue weighted by atomic mass is 10.1. The number of likely N-dealkylation sites (tertiary alicyclic amines) is 1. The van der Waals surface area contributed by atoms with Gasteiger partial charge in [0.1, 0.15) is 23.4 Å². The van der Waals surface area contributed by atoms with E-state index >= 15 is 0 Å². The van der Waals surface area contributed by atoms with E-state index in [9.17, 15) is 0 Å². The molecular formula is C21H26Cl2N6. The third-order valence-electron chi connectivity index (χ3n) is 5.43. The summed E-state index contributed by atoms with van der Waals surface area (Å²) in [4.78, 5) is 9.22. The molecule has 1 fully saturated rings. The number of piperidine rings is 1. The summed E-state index contributed by atoms with van der Waals surface area (Å²) in [5.74, 6) is 1.02. The summed E-state index contributed by atoms with van der Waals surface area (Å²) in [5, 5.41) is 9.22. The third kappa shape index (κ3) is 4.55. The van der Waals surface area contributed by atoms with Crippen molar-refractivity contribution >= 4 is 46.9 Å². The zero-order chi connectivity index (χ0) is 18.1. The molecule has 0 saturated carbocycles. The lowest BCUT2D eigenvalue weighted by molar-refractivity contribution is 0.220. The van der Waals surface area contributed by atoms with Crippen LogP contribution in [0.25, 0.3) is 22.1 Å². The molecule has 6 nitrogen and oxygen atoms in total. The third-order valence-corrected chi connectivity index (χ3v) is 5.43. The van der Waals surface area contributed by atoms with Crippen LogP contribution in [0.15, 0.2) is 48.5 Å². The minimum absolute atomic E-state index is 0. The van der Waals surface area contributed by atoms with Gasteiger partial charge >= 0.3 is 0 Å². The molecule has 0 unspecified atom stereocenters. The average molecular weight is 433 g/mol. The number of halogens is 2. The molecule has 0 aliphatic carbocycles. The molecule has 0 amide bonds. The van der Waals surface area contributed by atoms with Gasteiger partial charge < -0.3 is 9.47 Å². The van der Waals surface area contributed by atoms with Gasteiger partial charge in [-0.3, -0.25) is 0 Å². The SMILES string of the molecule is Cl.Cl.c1ccc2nn(Cc3nc4ccccc4n3CCN3CCCCC3)nc2c1. The number of hydrogen-bond acceptors (Lipinski definition) is 4. The van der Waals surface area contributed by atoms with Crippen molar-refractivity contribution in [1.29, 1.82) is 0 Å². The highest BCUT2D eigenvalue weighted by Crippen LogP contribution is 2.18. The van der Waals surface area contributed by atoms with Crippen molar-refractivity contribution in [2.75, 3.05) is 19.6 Å². The van der Waals surface area contributed by atoms with Crippen molar-refractivity contribution in [1.82, 2.24) is 29.4 Å². The van der Waals surface area contributed by atoms with Crippen LogP contribution in [0.5, 0.6) is 0 Å². The summed E-state index contributed by atoms with van der Waals surface area (Å²) < 4.78 is 2.35. The first-order valence-corrected chi connectivity index (χ1v) is 9.83. The number of benzene rings is 2. The minimum atomic E-state index is 0. The first-order chi connectivity index (χ1) is 13.4.